The second-order valence-corrected chi connectivity index (χ2v) is 9.00. The lowest BCUT2D eigenvalue weighted by molar-refractivity contribution is -0.137. The van der Waals surface area contributed by atoms with Gasteiger partial charge in [0, 0.05) is 31.6 Å². The molecule has 4 rings (SSSR count). The van der Waals surface area contributed by atoms with Gasteiger partial charge in [0.1, 0.15) is 0 Å². The van der Waals surface area contributed by atoms with E-state index in [-0.39, 0.29) is 5.92 Å². The summed E-state index contributed by atoms with van der Waals surface area (Å²) in [6.45, 7) is 5.76. The monoisotopic (exact) mass is 333 g/mol. The third-order valence-corrected chi connectivity index (χ3v) is 7.32. The summed E-state index contributed by atoms with van der Waals surface area (Å²) in [6, 6.07) is 0.369. The fraction of sp³-hybridized carbons (Fsp3) is 0.950. The second-order valence-electron chi connectivity index (χ2n) is 9.00. The van der Waals surface area contributed by atoms with Crippen LogP contribution in [0, 0.1) is 23.7 Å². The molecule has 3 atom stereocenters. The first-order valence-corrected chi connectivity index (χ1v) is 10.5. The molecule has 2 heterocycles. The van der Waals surface area contributed by atoms with E-state index in [9.17, 15) is 4.79 Å². The second kappa shape index (κ2) is 7.33. The highest BCUT2D eigenvalue weighted by atomic mass is 16.2. The molecule has 24 heavy (non-hydrogen) atoms. The molecule has 4 fully saturated rings. The maximum Gasteiger partial charge on any atom is 0.225 e. The number of rotatable bonds is 3. The van der Waals surface area contributed by atoms with Crippen LogP contribution in [0.5, 0.6) is 0 Å². The van der Waals surface area contributed by atoms with Gasteiger partial charge in [-0.1, -0.05) is 12.8 Å². The Morgan fingerprint density at radius 3 is 2.33 bits per heavy atom. The summed E-state index contributed by atoms with van der Waals surface area (Å²) in [5.41, 5.74) is 6.40. The zero-order chi connectivity index (χ0) is 16.5. The van der Waals surface area contributed by atoms with Crippen LogP contribution >= 0.6 is 0 Å². The Kier molecular flexibility index (Phi) is 5.14. The van der Waals surface area contributed by atoms with E-state index >= 15 is 0 Å². The van der Waals surface area contributed by atoms with Crippen molar-refractivity contribution in [2.75, 3.05) is 32.7 Å². The van der Waals surface area contributed by atoms with Crippen molar-refractivity contribution in [2.45, 2.75) is 63.8 Å². The van der Waals surface area contributed by atoms with Crippen molar-refractivity contribution in [3.8, 4) is 0 Å². The van der Waals surface area contributed by atoms with Crippen LogP contribution in [0.3, 0.4) is 0 Å². The zero-order valence-electron chi connectivity index (χ0n) is 15.2. The summed E-state index contributed by atoms with van der Waals surface area (Å²) < 4.78 is 0. The van der Waals surface area contributed by atoms with Crippen LogP contribution < -0.4 is 5.73 Å². The summed E-state index contributed by atoms with van der Waals surface area (Å²) in [4.78, 5) is 17.9. The molecule has 1 amide bonds. The standard InChI is InChI=1S/C20H35N3O/c21-19-16-5-4-6-17(19)12-18(11-16)20(24)23-10-7-15(14-23)13-22-8-2-1-3-9-22/h15-19H,1-14,21H2. The number of nitrogens with zero attached hydrogens (tertiary/aromatic N) is 2. The molecule has 2 saturated carbocycles. The Bertz CT molecular complexity index is 434. The zero-order valence-corrected chi connectivity index (χ0v) is 15.2. The number of hydrogen-bond donors (Lipinski definition) is 1. The largest absolute Gasteiger partial charge is 0.342 e. The van der Waals surface area contributed by atoms with Crippen LogP contribution in [0.2, 0.25) is 0 Å². The third-order valence-electron chi connectivity index (χ3n) is 7.32. The minimum absolute atomic E-state index is 0.272. The molecule has 4 aliphatic rings. The molecule has 4 heteroatoms. The van der Waals surface area contributed by atoms with Gasteiger partial charge < -0.3 is 15.5 Å². The summed E-state index contributed by atoms with van der Waals surface area (Å²) >= 11 is 0. The molecule has 0 spiro atoms. The normalized spacial score (nSPS) is 40.7. The van der Waals surface area contributed by atoms with E-state index in [4.69, 9.17) is 5.73 Å². The van der Waals surface area contributed by atoms with Gasteiger partial charge in [-0.25, -0.2) is 0 Å². The van der Waals surface area contributed by atoms with Crippen molar-refractivity contribution in [1.29, 1.82) is 0 Å². The van der Waals surface area contributed by atoms with E-state index < -0.39 is 0 Å². The van der Waals surface area contributed by atoms with Gasteiger partial charge in [-0.15, -0.1) is 0 Å². The van der Waals surface area contributed by atoms with Crippen molar-refractivity contribution in [3.05, 3.63) is 0 Å². The Balaban J connectivity index is 1.29. The number of carbonyl (C=O) groups excluding carboxylic acids is 1. The molecule has 2 aliphatic carbocycles. The molecule has 2 N–H and O–H groups in total. The fourth-order valence-corrected chi connectivity index (χ4v) is 5.94. The van der Waals surface area contributed by atoms with Gasteiger partial charge in [0.25, 0.3) is 0 Å². The van der Waals surface area contributed by atoms with Crippen molar-refractivity contribution in [2.24, 2.45) is 29.4 Å². The van der Waals surface area contributed by atoms with E-state index in [0.29, 0.717) is 29.7 Å². The highest BCUT2D eigenvalue weighted by Gasteiger charge is 2.42. The molecule has 0 aromatic rings. The van der Waals surface area contributed by atoms with Crippen LogP contribution in [-0.4, -0.2) is 54.5 Å². The topological polar surface area (TPSA) is 49.6 Å². The Labute approximate surface area is 147 Å². The third kappa shape index (κ3) is 3.50. The predicted molar refractivity (Wildman–Crippen MR) is 96.5 cm³/mol. The first-order chi connectivity index (χ1) is 11.7. The van der Waals surface area contributed by atoms with Crippen LogP contribution in [0.1, 0.15) is 57.8 Å². The van der Waals surface area contributed by atoms with Crippen molar-refractivity contribution in [1.82, 2.24) is 9.80 Å². The lowest BCUT2D eigenvalue weighted by Gasteiger charge is -2.44. The Hall–Kier alpha value is -0.610. The summed E-state index contributed by atoms with van der Waals surface area (Å²) in [6.07, 6.45) is 11.3. The number of amides is 1. The van der Waals surface area contributed by atoms with Gasteiger partial charge in [0.15, 0.2) is 0 Å². The lowest BCUT2D eigenvalue weighted by atomic mass is 9.65. The number of nitrogens with two attached hydrogens (primary N) is 1. The number of likely N-dealkylation sites (tertiary alicyclic amines) is 2. The molecule has 0 aromatic carbocycles. The fourth-order valence-electron chi connectivity index (χ4n) is 5.94. The molecule has 136 valence electrons. The van der Waals surface area contributed by atoms with E-state index in [1.165, 1.54) is 64.6 Å². The van der Waals surface area contributed by atoms with Crippen molar-refractivity contribution >= 4 is 5.91 Å². The summed E-state index contributed by atoms with van der Waals surface area (Å²) in [7, 11) is 0. The van der Waals surface area contributed by atoms with E-state index in [1.807, 2.05) is 0 Å². The number of piperidine rings is 1. The van der Waals surface area contributed by atoms with Crippen molar-refractivity contribution < 1.29 is 4.79 Å². The summed E-state index contributed by atoms with van der Waals surface area (Å²) in [5, 5.41) is 0. The van der Waals surface area contributed by atoms with E-state index in [2.05, 4.69) is 9.80 Å². The maximum absolute atomic E-state index is 13.0. The molecule has 3 unspecified atom stereocenters. The van der Waals surface area contributed by atoms with E-state index in [1.54, 1.807) is 0 Å². The average Bonchev–Trinajstić information content (AvgIpc) is 3.03. The first kappa shape index (κ1) is 16.8. The van der Waals surface area contributed by atoms with Crippen LogP contribution in [0.25, 0.3) is 0 Å². The number of carbonyl (C=O) groups is 1. The van der Waals surface area contributed by atoms with Gasteiger partial charge in [-0.05, 0) is 75.8 Å². The smallest absolute Gasteiger partial charge is 0.225 e. The highest BCUT2D eigenvalue weighted by Crippen LogP contribution is 2.42. The molecule has 4 nitrogen and oxygen atoms in total. The van der Waals surface area contributed by atoms with Gasteiger partial charge in [0.2, 0.25) is 5.91 Å². The molecule has 0 aromatic heterocycles. The first-order valence-electron chi connectivity index (χ1n) is 10.5. The van der Waals surface area contributed by atoms with Crippen LogP contribution in [0.15, 0.2) is 0 Å². The quantitative estimate of drug-likeness (QED) is 0.863. The van der Waals surface area contributed by atoms with Crippen LogP contribution in [-0.2, 0) is 4.79 Å². The summed E-state index contributed by atoms with van der Waals surface area (Å²) in [5.74, 6) is 2.66. The number of hydrogen-bond acceptors (Lipinski definition) is 3. The molecule has 0 radical (unpaired) electrons. The molecule has 2 aliphatic heterocycles. The lowest BCUT2D eigenvalue weighted by Crippen LogP contribution is -2.49. The molecule has 2 bridgehead atoms. The molecular formula is C20H35N3O. The Morgan fingerprint density at radius 1 is 0.917 bits per heavy atom. The minimum atomic E-state index is 0.272. The van der Waals surface area contributed by atoms with Crippen molar-refractivity contribution in [3.63, 3.8) is 0 Å². The highest BCUT2D eigenvalue weighted by molar-refractivity contribution is 5.79. The Morgan fingerprint density at radius 2 is 1.62 bits per heavy atom. The SMILES string of the molecule is NC1C2CCCC1CC(C(=O)N1CCC(CN3CCCCC3)C1)C2. The van der Waals surface area contributed by atoms with Gasteiger partial charge >= 0.3 is 0 Å². The van der Waals surface area contributed by atoms with Crippen LogP contribution in [0.4, 0.5) is 0 Å². The molecular weight excluding hydrogens is 298 g/mol. The van der Waals surface area contributed by atoms with Gasteiger partial charge in [-0.2, -0.15) is 0 Å². The maximum atomic E-state index is 13.0. The predicted octanol–water partition coefficient (Wildman–Crippen LogP) is 2.47. The minimum Gasteiger partial charge on any atom is -0.342 e. The van der Waals surface area contributed by atoms with Gasteiger partial charge in [-0.3, -0.25) is 4.79 Å². The average molecular weight is 334 g/mol. The molecule has 2 saturated heterocycles. The van der Waals surface area contributed by atoms with E-state index in [0.717, 1.165) is 25.9 Å². The van der Waals surface area contributed by atoms with Gasteiger partial charge in [0.05, 0.1) is 0 Å². The number of fused-ring (bicyclic) bond motifs is 2.